The van der Waals surface area contributed by atoms with Crippen molar-refractivity contribution in [2.24, 2.45) is 0 Å². The van der Waals surface area contributed by atoms with Gasteiger partial charge in [0.15, 0.2) is 0 Å². The molecule has 0 radical (unpaired) electrons. The van der Waals surface area contributed by atoms with Crippen molar-refractivity contribution in [1.82, 2.24) is 15.1 Å². The van der Waals surface area contributed by atoms with Gasteiger partial charge in [0.05, 0.1) is 0 Å². The van der Waals surface area contributed by atoms with Crippen molar-refractivity contribution < 1.29 is 0 Å². The Morgan fingerprint density at radius 2 is 2.23 bits per heavy atom. The standard InChI is InChI=1S/C10H21N3/c1-11-4-6-12-7-8-13-5-2-3-10(13)9-12/h10-11H,2-9H2,1H3. The van der Waals surface area contributed by atoms with E-state index in [1.54, 1.807) is 0 Å². The zero-order valence-corrected chi connectivity index (χ0v) is 8.63. The van der Waals surface area contributed by atoms with E-state index in [0.29, 0.717) is 0 Å². The number of hydrogen-bond acceptors (Lipinski definition) is 3. The maximum absolute atomic E-state index is 3.22. The average molecular weight is 183 g/mol. The van der Waals surface area contributed by atoms with Crippen LogP contribution in [-0.4, -0.2) is 62.2 Å². The van der Waals surface area contributed by atoms with Crippen molar-refractivity contribution in [3.63, 3.8) is 0 Å². The lowest BCUT2D eigenvalue weighted by Gasteiger charge is -2.37. The van der Waals surface area contributed by atoms with Gasteiger partial charge in [0, 0.05) is 38.8 Å². The van der Waals surface area contributed by atoms with E-state index in [9.17, 15) is 0 Å². The SMILES string of the molecule is CNCCN1CCN2CCCC2C1. The fourth-order valence-corrected chi connectivity index (χ4v) is 2.53. The Hall–Kier alpha value is -0.120. The minimum absolute atomic E-state index is 0.880. The highest BCUT2D eigenvalue weighted by Crippen LogP contribution is 2.20. The summed E-state index contributed by atoms with van der Waals surface area (Å²) in [6, 6.07) is 0.880. The predicted octanol–water partition coefficient (Wildman–Crippen LogP) is -0.0142. The molecule has 0 aliphatic carbocycles. The fraction of sp³-hybridized carbons (Fsp3) is 1.00. The number of fused-ring (bicyclic) bond motifs is 1. The van der Waals surface area contributed by atoms with Crippen LogP contribution < -0.4 is 5.32 Å². The van der Waals surface area contributed by atoms with Crippen molar-refractivity contribution in [2.45, 2.75) is 18.9 Å². The molecule has 2 fully saturated rings. The van der Waals surface area contributed by atoms with Crippen LogP contribution in [0.5, 0.6) is 0 Å². The molecule has 1 N–H and O–H groups in total. The van der Waals surface area contributed by atoms with Gasteiger partial charge in [-0.3, -0.25) is 9.80 Å². The first-order chi connectivity index (χ1) is 6.40. The molecule has 2 aliphatic heterocycles. The first-order valence-corrected chi connectivity index (χ1v) is 5.51. The van der Waals surface area contributed by atoms with Gasteiger partial charge in [-0.1, -0.05) is 0 Å². The summed E-state index contributed by atoms with van der Waals surface area (Å²) >= 11 is 0. The van der Waals surface area contributed by atoms with Gasteiger partial charge < -0.3 is 5.32 Å². The minimum atomic E-state index is 0.880. The normalized spacial score (nSPS) is 30.7. The molecular weight excluding hydrogens is 162 g/mol. The zero-order valence-electron chi connectivity index (χ0n) is 8.63. The summed E-state index contributed by atoms with van der Waals surface area (Å²) < 4.78 is 0. The van der Waals surface area contributed by atoms with E-state index < -0.39 is 0 Å². The van der Waals surface area contributed by atoms with Gasteiger partial charge in [-0.2, -0.15) is 0 Å². The monoisotopic (exact) mass is 183 g/mol. The first kappa shape index (κ1) is 9.44. The van der Waals surface area contributed by atoms with Crippen LogP contribution in [0.4, 0.5) is 0 Å². The Kier molecular flexibility index (Phi) is 3.19. The number of piperazine rings is 1. The Labute approximate surface area is 81.1 Å². The molecule has 3 heteroatoms. The third-order valence-electron chi connectivity index (χ3n) is 3.35. The second kappa shape index (κ2) is 4.40. The van der Waals surface area contributed by atoms with Crippen LogP contribution in [0, 0.1) is 0 Å². The first-order valence-electron chi connectivity index (χ1n) is 5.51. The predicted molar refractivity (Wildman–Crippen MR) is 55.0 cm³/mol. The van der Waals surface area contributed by atoms with E-state index in [-0.39, 0.29) is 0 Å². The molecule has 1 unspecified atom stereocenters. The summed E-state index contributed by atoms with van der Waals surface area (Å²) in [6.07, 6.45) is 2.85. The van der Waals surface area contributed by atoms with Crippen LogP contribution in [0.1, 0.15) is 12.8 Å². The third kappa shape index (κ3) is 2.22. The van der Waals surface area contributed by atoms with Gasteiger partial charge in [0.2, 0.25) is 0 Å². The summed E-state index contributed by atoms with van der Waals surface area (Å²) in [5.74, 6) is 0. The van der Waals surface area contributed by atoms with E-state index in [2.05, 4.69) is 15.1 Å². The third-order valence-corrected chi connectivity index (χ3v) is 3.35. The summed E-state index contributed by atoms with van der Waals surface area (Å²) in [6.45, 7) is 7.59. The number of rotatable bonds is 3. The molecule has 0 saturated carbocycles. The van der Waals surface area contributed by atoms with Crippen molar-refractivity contribution in [2.75, 3.05) is 46.3 Å². The lowest BCUT2D eigenvalue weighted by Crippen LogP contribution is -2.51. The van der Waals surface area contributed by atoms with Crippen LogP contribution in [0.3, 0.4) is 0 Å². The maximum Gasteiger partial charge on any atom is 0.0224 e. The van der Waals surface area contributed by atoms with Gasteiger partial charge in [-0.15, -0.1) is 0 Å². The van der Waals surface area contributed by atoms with Crippen LogP contribution in [-0.2, 0) is 0 Å². The van der Waals surface area contributed by atoms with E-state index in [4.69, 9.17) is 0 Å². The number of likely N-dealkylation sites (N-methyl/N-ethyl adjacent to an activating group) is 1. The topological polar surface area (TPSA) is 18.5 Å². The molecule has 2 saturated heterocycles. The molecule has 2 heterocycles. The molecule has 2 aliphatic rings. The molecule has 1 atom stereocenters. The summed E-state index contributed by atoms with van der Waals surface area (Å²) in [7, 11) is 2.03. The number of hydrogen-bond donors (Lipinski definition) is 1. The molecule has 13 heavy (non-hydrogen) atoms. The average Bonchev–Trinajstić information content (AvgIpc) is 2.61. The van der Waals surface area contributed by atoms with Gasteiger partial charge >= 0.3 is 0 Å². The summed E-state index contributed by atoms with van der Waals surface area (Å²) in [5, 5.41) is 3.22. The second-order valence-corrected chi connectivity index (χ2v) is 4.24. The maximum atomic E-state index is 3.22. The van der Waals surface area contributed by atoms with Crippen molar-refractivity contribution >= 4 is 0 Å². The van der Waals surface area contributed by atoms with E-state index >= 15 is 0 Å². The molecular formula is C10H21N3. The Morgan fingerprint density at radius 3 is 3.08 bits per heavy atom. The lowest BCUT2D eigenvalue weighted by molar-refractivity contribution is 0.106. The van der Waals surface area contributed by atoms with Gasteiger partial charge in [0.25, 0.3) is 0 Å². The van der Waals surface area contributed by atoms with E-state index in [0.717, 1.165) is 12.6 Å². The molecule has 2 rings (SSSR count). The Morgan fingerprint density at radius 1 is 1.31 bits per heavy atom. The molecule has 0 aromatic heterocycles. The molecule has 0 spiro atoms. The van der Waals surface area contributed by atoms with Crippen molar-refractivity contribution in [3.8, 4) is 0 Å². The van der Waals surface area contributed by atoms with Gasteiger partial charge in [-0.05, 0) is 26.4 Å². The summed E-state index contributed by atoms with van der Waals surface area (Å²) in [5.41, 5.74) is 0. The quantitative estimate of drug-likeness (QED) is 0.664. The highest BCUT2D eigenvalue weighted by molar-refractivity contribution is 4.86. The molecule has 0 bridgehead atoms. The number of nitrogens with zero attached hydrogens (tertiary/aromatic N) is 2. The largest absolute Gasteiger partial charge is 0.318 e. The number of nitrogens with one attached hydrogen (secondary N) is 1. The lowest BCUT2D eigenvalue weighted by atomic mass is 10.1. The minimum Gasteiger partial charge on any atom is -0.318 e. The van der Waals surface area contributed by atoms with Crippen LogP contribution in [0.25, 0.3) is 0 Å². The van der Waals surface area contributed by atoms with Crippen LogP contribution >= 0.6 is 0 Å². The highest BCUT2D eigenvalue weighted by Gasteiger charge is 2.29. The zero-order chi connectivity index (χ0) is 9.10. The van der Waals surface area contributed by atoms with Crippen molar-refractivity contribution in [3.05, 3.63) is 0 Å². The fourth-order valence-electron chi connectivity index (χ4n) is 2.53. The Balaban J connectivity index is 1.76. The van der Waals surface area contributed by atoms with E-state index in [1.165, 1.54) is 45.6 Å². The molecule has 0 aromatic rings. The van der Waals surface area contributed by atoms with Crippen molar-refractivity contribution in [1.29, 1.82) is 0 Å². The molecule has 0 amide bonds. The summed E-state index contributed by atoms with van der Waals surface area (Å²) in [4.78, 5) is 5.26. The highest BCUT2D eigenvalue weighted by atomic mass is 15.3. The Bertz CT molecular complexity index is 160. The van der Waals surface area contributed by atoms with Gasteiger partial charge in [0.1, 0.15) is 0 Å². The van der Waals surface area contributed by atoms with Crippen LogP contribution in [0.2, 0.25) is 0 Å². The molecule has 3 nitrogen and oxygen atoms in total. The molecule has 76 valence electrons. The smallest absolute Gasteiger partial charge is 0.0224 e. The van der Waals surface area contributed by atoms with Crippen LogP contribution in [0.15, 0.2) is 0 Å². The molecule has 0 aromatic carbocycles. The second-order valence-electron chi connectivity index (χ2n) is 4.24. The van der Waals surface area contributed by atoms with E-state index in [1.807, 2.05) is 7.05 Å². The van der Waals surface area contributed by atoms with Gasteiger partial charge in [-0.25, -0.2) is 0 Å².